The van der Waals surface area contributed by atoms with Crippen molar-refractivity contribution in [2.75, 3.05) is 19.1 Å². The lowest BCUT2D eigenvalue weighted by Crippen LogP contribution is -2.23. The minimum Gasteiger partial charge on any atom is -0.497 e. The maximum absolute atomic E-state index is 5.34. The summed E-state index contributed by atoms with van der Waals surface area (Å²) in [5.41, 5.74) is 6.82. The summed E-state index contributed by atoms with van der Waals surface area (Å²) in [5.74, 6) is 2.44. The Bertz CT molecular complexity index is 981. The van der Waals surface area contributed by atoms with Crippen molar-refractivity contribution in [1.82, 2.24) is 0 Å². The first kappa shape index (κ1) is 22.7. The smallest absolute Gasteiger partial charge is 0.118 e. The lowest BCUT2D eigenvalue weighted by molar-refractivity contribution is 0.414. The highest BCUT2D eigenvalue weighted by Gasteiger charge is 2.23. The van der Waals surface area contributed by atoms with Crippen molar-refractivity contribution in [3.63, 3.8) is 0 Å². The summed E-state index contributed by atoms with van der Waals surface area (Å²) >= 11 is 3.93. The molecular weight excluding hydrogens is 462 g/mol. The number of aryl methyl sites for hydroxylation is 1. The molecule has 1 unspecified atom stereocenters. The molecule has 0 saturated carbocycles. The van der Waals surface area contributed by atoms with Gasteiger partial charge in [-0.3, -0.25) is 0 Å². The van der Waals surface area contributed by atoms with Gasteiger partial charge >= 0.3 is 0 Å². The lowest BCUT2D eigenvalue weighted by Gasteiger charge is -2.31. The zero-order chi connectivity index (χ0) is 22.5. The second kappa shape index (κ2) is 10.4. The van der Waals surface area contributed by atoms with Crippen LogP contribution in [0.1, 0.15) is 54.4 Å². The summed E-state index contributed by atoms with van der Waals surface area (Å²) in [6.45, 7) is 3.97. The number of hydrogen-bond acceptors (Lipinski definition) is 3. The molecule has 0 aliphatic heterocycles. The molecule has 1 atom stereocenters. The second-order valence-electron chi connectivity index (χ2n) is 8.55. The van der Waals surface area contributed by atoms with Crippen LogP contribution in [-0.2, 0) is 19.5 Å². The van der Waals surface area contributed by atoms with E-state index in [2.05, 4.69) is 64.2 Å². The van der Waals surface area contributed by atoms with E-state index in [9.17, 15) is 0 Å². The van der Waals surface area contributed by atoms with Gasteiger partial charge in [0.05, 0.1) is 14.2 Å². The molecule has 0 saturated heterocycles. The van der Waals surface area contributed by atoms with Crippen LogP contribution >= 0.6 is 15.9 Å². The average molecular weight is 494 g/mol. The minimum atomic E-state index is 0.666. The van der Waals surface area contributed by atoms with Crippen LogP contribution in [0.2, 0.25) is 0 Å². The van der Waals surface area contributed by atoms with E-state index >= 15 is 0 Å². The predicted molar refractivity (Wildman–Crippen MR) is 136 cm³/mol. The van der Waals surface area contributed by atoms with Gasteiger partial charge in [-0.15, -0.1) is 0 Å². The predicted octanol–water partition coefficient (Wildman–Crippen LogP) is 7.50. The highest BCUT2D eigenvalue weighted by Crippen LogP contribution is 2.41. The molecule has 1 aliphatic rings. The Morgan fingerprint density at radius 3 is 1.94 bits per heavy atom. The van der Waals surface area contributed by atoms with E-state index in [1.165, 1.54) is 51.7 Å². The normalized spacial score (nSPS) is 15.2. The largest absolute Gasteiger partial charge is 0.497 e. The van der Waals surface area contributed by atoms with Crippen LogP contribution in [0.5, 0.6) is 11.5 Å². The molecule has 0 spiro atoms. The zero-order valence-electron chi connectivity index (χ0n) is 19.2. The van der Waals surface area contributed by atoms with Crippen molar-refractivity contribution in [2.45, 2.75) is 51.6 Å². The van der Waals surface area contributed by atoms with Gasteiger partial charge in [-0.2, -0.15) is 0 Å². The molecule has 1 aliphatic carbocycles. The monoisotopic (exact) mass is 493 g/mol. The first-order chi connectivity index (χ1) is 15.6. The molecular formula is C28H32BrNO2. The second-order valence-corrected chi connectivity index (χ2v) is 9.40. The molecule has 0 N–H and O–H groups in total. The molecule has 0 fully saturated rings. The Labute approximate surface area is 200 Å². The van der Waals surface area contributed by atoms with Crippen LogP contribution in [0.3, 0.4) is 0 Å². The van der Waals surface area contributed by atoms with Crippen molar-refractivity contribution in [3.8, 4) is 11.5 Å². The third kappa shape index (κ3) is 5.12. The van der Waals surface area contributed by atoms with Gasteiger partial charge in [-0.25, -0.2) is 0 Å². The quantitative estimate of drug-likeness (QED) is 0.324. The third-order valence-electron chi connectivity index (χ3n) is 6.53. The number of methoxy groups -OCH3 is 2. The molecule has 3 aromatic rings. The molecule has 168 valence electrons. The SMILES string of the molecule is CCC1CCCc2cc(N(Cc3ccc(OC)cc3)Cc3ccc(OC)cc3)cc(Br)c21. The van der Waals surface area contributed by atoms with Gasteiger partial charge in [0, 0.05) is 23.2 Å². The molecule has 0 bridgehead atoms. The molecule has 0 aromatic heterocycles. The van der Waals surface area contributed by atoms with E-state index in [0.717, 1.165) is 31.0 Å². The molecule has 3 nitrogen and oxygen atoms in total. The molecule has 0 radical (unpaired) electrons. The first-order valence-electron chi connectivity index (χ1n) is 11.4. The van der Waals surface area contributed by atoms with Gasteiger partial charge in [0.15, 0.2) is 0 Å². The van der Waals surface area contributed by atoms with Crippen LogP contribution in [0, 0.1) is 0 Å². The van der Waals surface area contributed by atoms with E-state index in [-0.39, 0.29) is 0 Å². The summed E-state index contributed by atoms with van der Waals surface area (Å²) in [7, 11) is 3.42. The Morgan fingerprint density at radius 2 is 1.44 bits per heavy atom. The molecule has 3 aromatic carbocycles. The van der Waals surface area contributed by atoms with Crippen molar-refractivity contribution in [2.24, 2.45) is 0 Å². The summed E-state index contributed by atoms with van der Waals surface area (Å²) < 4.78 is 11.9. The fourth-order valence-electron chi connectivity index (χ4n) is 4.74. The standard InChI is InChI=1S/C28H32BrNO2/c1-4-22-6-5-7-23-16-24(17-27(29)28(22)23)30(18-20-8-12-25(31-2)13-9-20)19-21-10-14-26(32-3)15-11-21/h8-17,22H,4-7,18-19H2,1-3H3. The fraction of sp³-hybridized carbons (Fsp3) is 0.357. The van der Waals surface area contributed by atoms with Gasteiger partial charge in [-0.05, 0) is 90.3 Å². The molecule has 32 heavy (non-hydrogen) atoms. The molecule has 0 amide bonds. The van der Waals surface area contributed by atoms with E-state index in [1.807, 2.05) is 24.3 Å². The van der Waals surface area contributed by atoms with Crippen LogP contribution in [0.4, 0.5) is 5.69 Å². The first-order valence-corrected chi connectivity index (χ1v) is 12.2. The number of rotatable bonds is 8. The summed E-state index contributed by atoms with van der Waals surface area (Å²) in [6, 6.07) is 21.5. The summed E-state index contributed by atoms with van der Waals surface area (Å²) in [5, 5.41) is 0. The number of benzene rings is 3. The number of fused-ring (bicyclic) bond motifs is 1. The van der Waals surface area contributed by atoms with Gasteiger partial charge < -0.3 is 14.4 Å². The summed E-state index contributed by atoms with van der Waals surface area (Å²) in [6.07, 6.45) is 4.94. The van der Waals surface area contributed by atoms with E-state index < -0.39 is 0 Å². The van der Waals surface area contributed by atoms with Crippen molar-refractivity contribution >= 4 is 21.6 Å². The molecule has 4 rings (SSSR count). The highest BCUT2D eigenvalue weighted by atomic mass is 79.9. The maximum Gasteiger partial charge on any atom is 0.118 e. The summed E-state index contributed by atoms with van der Waals surface area (Å²) in [4.78, 5) is 2.46. The van der Waals surface area contributed by atoms with E-state index in [0.29, 0.717) is 5.92 Å². The van der Waals surface area contributed by atoms with Crippen LogP contribution < -0.4 is 14.4 Å². The Morgan fingerprint density at radius 1 is 0.875 bits per heavy atom. The minimum absolute atomic E-state index is 0.666. The van der Waals surface area contributed by atoms with Gasteiger partial charge in [-0.1, -0.05) is 47.1 Å². The topological polar surface area (TPSA) is 21.7 Å². The molecule has 4 heteroatoms. The maximum atomic E-state index is 5.34. The van der Waals surface area contributed by atoms with Gasteiger partial charge in [0.25, 0.3) is 0 Å². The van der Waals surface area contributed by atoms with Gasteiger partial charge in [0.1, 0.15) is 11.5 Å². The molecule has 0 heterocycles. The van der Waals surface area contributed by atoms with Crippen LogP contribution in [0.25, 0.3) is 0 Å². The van der Waals surface area contributed by atoms with Crippen LogP contribution in [0.15, 0.2) is 65.1 Å². The van der Waals surface area contributed by atoms with E-state index in [1.54, 1.807) is 14.2 Å². The number of hydrogen-bond donors (Lipinski definition) is 0. The number of nitrogens with zero attached hydrogens (tertiary/aromatic N) is 1. The lowest BCUT2D eigenvalue weighted by atomic mass is 9.81. The highest BCUT2D eigenvalue weighted by molar-refractivity contribution is 9.10. The van der Waals surface area contributed by atoms with Crippen LogP contribution in [-0.4, -0.2) is 14.2 Å². The average Bonchev–Trinajstić information content (AvgIpc) is 2.84. The Kier molecular flexibility index (Phi) is 7.41. The van der Waals surface area contributed by atoms with Crippen molar-refractivity contribution in [3.05, 3.63) is 87.4 Å². The number of anilines is 1. The Hall–Kier alpha value is -2.46. The number of ether oxygens (including phenoxy) is 2. The number of halogens is 1. The van der Waals surface area contributed by atoms with Crippen molar-refractivity contribution in [1.29, 1.82) is 0 Å². The Balaban J connectivity index is 1.68. The van der Waals surface area contributed by atoms with E-state index in [4.69, 9.17) is 9.47 Å². The van der Waals surface area contributed by atoms with Gasteiger partial charge in [0.2, 0.25) is 0 Å². The third-order valence-corrected chi connectivity index (χ3v) is 7.19. The fourth-order valence-corrected chi connectivity index (χ4v) is 5.55. The zero-order valence-corrected chi connectivity index (χ0v) is 20.8. The van der Waals surface area contributed by atoms with Crippen molar-refractivity contribution < 1.29 is 9.47 Å².